The highest BCUT2D eigenvalue weighted by Crippen LogP contribution is 2.09. The van der Waals surface area contributed by atoms with E-state index in [0.717, 1.165) is 19.4 Å². The number of rotatable bonds is 0. The quantitative estimate of drug-likeness (QED) is 0.420. The van der Waals surface area contributed by atoms with Crippen LogP contribution >= 0.6 is 0 Å². The van der Waals surface area contributed by atoms with E-state index in [2.05, 4.69) is 18.5 Å². The lowest BCUT2D eigenvalue weighted by atomic mass is 10.1. The topological polar surface area (TPSA) is 12.4 Å². The van der Waals surface area contributed by atoms with Gasteiger partial charge in [-0.15, -0.1) is 0 Å². The van der Waals surface area contributed by atoms with Crippen molar-refractivity contribution in [3.05, 3.63) is 12.2 Å². The summed E-state index contributed by atoms with van der Waals surface area (Å²) in [6, 6.07) is 0. The zero-order valence-corrected chi connectivity index (χ0v) is 5.28. The van der Waals surface area contributed by atoms with Crippen LogP contribution in [0.1, 0.15) is 19.8 Å². The number of hydrogen-bond acceptors (Lipinski definition) is 1. The highest BCUT2D eigenvalue weighted by molar-refractivity contribution is 5.83. The molecule has 0 saturated carbocycles. The summed E-state index contributed by atoms with van der Waals surface area (Å²) >= 11 is 0. The van der Waals surface area contributed by atoms with E-state index < -0.39 is 0 Å². The minimum Gasteiger partial charge on any atom is -0.290 e. The van der Waals surface area contributed by atoms with Gasteiger partial charge in [-0.25, -0.2) is 0 Å². The first-order valence-electron chi connectivity index (χ1n) is 2.95. The van der Waals surface area contributed by atoms with E-state index in [0.29, 0.717) is 0 Å². The van der Waals surface area contributed by atoms with Crippen molar-refractivity contribution in [3.63, 3.8) is 0 Å². The summed E-state index contributed by atoms with van der Waals surface area (Å²) in [7, 11) is 0. The molecule has 0 amide bonds. The molecule has 0 aromatic heterocycles. The molecule has 1 nitrogen and oxygen atoms in total. The summed E-state index contributed by atoms with van der Waals surface area (Å²) < 4.78 is 0. The van der Waals surface area contributed by atoms with Crippen LogP contribution in [0.5, 0.6) is 0 Å². The Labute approximate surface area is 50.1 Å². The van der Waals surface area contributed by atoms with Crippen molar-refractivity contribution in [1.82, 2.24) is 0 Å². The molecule has 0 fully saturated rings. The molecule has 0 atom stereocenters. The van der Waals surface area contributed by atoms with E-state index in [9.17, 15) is 0 Å². The van der Waals surface area contributed by atoms with Crippen LogP contribution < -0.4 is 0 Å². The predicted octanol–water partition coefficient (Wildman–Crippen LogP) is 1.80. The molecular weight excluding hydrogens is 98.1 g/mol. The van der Waals surface area contributed by atoms with E-state index in [4.69, 9.17) is 0 Å². The Bertz CT molecular complexity index is 133. The first-order chi connectivity index (χ1) is 3.79. The molecule has 0 radical (unpaired) electrons. The average molecular weight is 109 g/mol. The molecule has 0 unspecified atom stereocenters. The van der Waals surface area contributed by atoms with Gasteiger partial charge in [-0.1, -0.05) is 12.2 Å². The lowest BCUT2D eigenvalue weighted by Crippen LogP contribution is -2.02. The van der Waals surface area contributed by atoms with Crippen LogP contribution in [-0.4, -0.2) is 12.3 Å². The van der Waals surface area contributed by atoms with Crippen molar-refractivity contribution in [1.29, 1.82) is 0 Å². The van der Waals surface area contributed by atoms with Crippen molar-refractivity contribution in [3.8, 4) is 0 Å². The molecule has 0 saturated heterocycles. The fourth-order valence-electron chi connectivity index (χ4n) is 0.763. The van der Waals surface area contributed by atoms with Gasteiger partial charge in [0.25, 0.3) is 0 Å². The zero-order valence-electron chi connectivity index (χ0n) is 5.28. The van der Waals surface area contributed by atoms with Crippen LogP contribution in [0.2, 0.25) is 0 Å². The van der Waals surface area contributed by atoms with Crippen LogP contribution in [-0.2, 0) is 0 Å². The summed E-state index contributed by atoms with van der Waals surface area (Å²) in [5, 5.41) is 0. The van der Waals surface area contributed by atoms with Crippen LogP contribution in [0.4, 0.5) is 0 Å². The van der Waals surface area contributed by atoms with Gasteiger partial charge >= 0.3 is 0 Å². The van der Waals surface area contributed by atoms with Crippen molar-refractivity contribution in [2.24, 2.45) is 4.99 Å². The predicted molar refractivity (Wildman–Crippen MR) is 36.4 cm³/mol. The molecule has 0 aliphatic carbocycles. The minimum atomic E-state index is 0.867. The van der Waals surface area contributed by atoms with E-state index in [1.54, 1.807) is 0 Å². The molecule has 8 heavy (non-hydrogen) atoms. The summed E-state index contributed by atoms with van der Waals surface area (Å²) in [5.74, 6) is 0. The highest BCUT2D eigenvalue weighted by Gasteiger charge is 2.01. The first-order valence-corrected chi connectivity index (χ1v) is 2.95. The fraction of sp³-hybridized carbons (Fsp3) is 0.571. The van der Waals surface area contributed by atoms with Gasteiger partial charge < -0.3 is 0 Å². The fourth-order valence-corrected chi connectivity index (χ4v) is 0.763. The van der Waals surface area contributed by atoms with Gasteiger partial charge in [0, 0.05) is 5.71 Å². The molecular formula is C7H11N. The molecule has 1 heterocycles. The van der Waals surface area contributed by atoms with Crippen LogP contribution in [0, 0.1) is 0 Å². The number of hydrogen-bond donors (Lipinski definition) is 0. The van der Waals surface area contributed by atoms with E-state index in [-0.39, 0.29) is 0 Å². The third-order valence-corrected chi connectivity index (χ3v) is 1.41. The molecule has 44 valence electrons. The minimum absolute atomic E-state index is 0.867. The summed E-state index contributed by atoms with van der Waals surface area (Å²) in [4.78, 5) is 4.23. The van der Waals surface area contributed by atoms with Gasteiger partial charge in [0.15, 0.2) is 0 Å². The lowest BCUT2D eigenvalue weighted by molar-refractivity contribution is 0.906. The lowest BCUT2D eigenvalue weighted by Gasteiger charge is -2.08. The number of aliphatic imine (C=N–C) groups is 1. The highest BCUT2D eigenvalue weighted by atomic mass is 14.7. The average Bonchev–Trinajstić information content (AvgIpc) is 1.77. The van der Waals surface area contributed by atoms with Crippen molar-refractivity contribution < 1.29 is 0 Å². The van der Waals surface area contributed by atoms with Crippen molar-refractivity contribution in [2.45, 2.75) is 19.8 Å². The smallest absolute Gasteiger partial charge is 0.0596 e. The molecule has 1 aliphatic rings. The van der Waals surface area contributed by atoms with Crippen molar-refractivity contribution in [2.75, 3.05) is 6.54 Å². The van der Waals surface area contributed by atoms with E-state index in [1.165, 1.54) is 11.3 Å². The maximum Gasteiger partial charge on any atom is 0.0596 e. The Morgan fingerprint density at radius 3 is 2.62 bits per heavy atom. The Hall–Kier alpha value is -0.590. The molecule has 0 aromatic rings. The maximum atomic E-state index is 4.23. The molecule has 1 aliphatic heterocycles. The third-order valence-electron chi connectivity index (χ3n) is 1.41. The standard InChI is InChI=1S/C7H11N/c1-6-3-4-7(2)8-5-6/h1,3-5H2,2H3. The normalized spacial score (nSPS) is 20.6. The van der Waals surface area contributed by atoms with Gasteiger partial charge in [0.05, 0.1) is 6.54 Å². The Kier molecular flexibility index (Phi) is 1.47. The molecule has 0 spiro atoms. The molecule has 0 bridgehead atoms. The van der Waals surface area contributed by atoms with Gasteiger partial charge in [0.1, 0.15) is 0 Å². The van der Waals surface area contributed by atoms with Gasteiger partial charge in [-0.2, -0.15) is 0 Å². The van der Waals surface area contributed by atoms with Crippen molar-refractivity contribution >= 4 is 5.71 Å². The second-order valence-electron chi connectivity index (χ2n) is 2.30. The zero-order chi connectivity index (χ0) is 5.98. The SMILES string of the molecule is C=C1CCC(C)=NC1. The second kappa shape index (κ2) is 2.12. The third kappa shape index (κ3) is 1.19. The summed E-state index contributed by atoms with van der Waals surface area (Å²) in [5.41, 5.74) is 2.55. The van der Waals surface area contributed by atoms with E-state index >= 15 is 0 Å². The molecule has 1 rings (SSSR count). The van der Waals surface area contributed by atoms with E-state index in [1.807, 2.05) is 0 Å². The molecule has 1 heteroatoms. The summed E-state index contributed by atoms with van der Waals surface area (Å²) in [6.07, 6.45) is 2.27. The Balaban J connectivity index is 2.55. The summed E-state index contributed by atoms with van der Waals surface area (Å²) in [6.45, 7) is 6.78. The molecule has 0 N–H and O–H groups in total. The second-order valence-corrected chi connectivity index (χ2v) is 2.30. The van der Waals surface area contributed by atoms with Crippen LogP contribution in [0.25, 0.3) is 0 Å². The largest absolute Gasteiger partial charge is 0.290 e. The van der Waals surface area contributed by atoms with Gasteiger partial charge in [-0.3, -0.25) is 4.99 Å². The Morgan fingerprint density at radius 2 is 2.25 bits per heavy atom. The first kappa shape index (κ1) is 5.54. The monoisotopic (exact) mass is 109 g/mol. The van der Waals surface area contributed by atoms with Gasteiger partial charge in [0.2, 0.25) is 0 Å². The van der Waals surface area contributed by atoms with Crippen LogP contribution in [0.3, 0.4) is 0 Å². The van der Waals surface area contributed by atoms with Gasteiger partial charge in [-0.05, 0) is 19.8 Å². The maximum absolute atomic E-state index is 4.23. The Morgan fingerprint density at radius 1 is 1.50 bits per heavy atom. The molecule has 0 aromatic carbocycles. The van der Waals surface area contributed by atoms with Crippen LogP contribution in [0.15, 0.2) is 17.1 Å². The number of nitrogens with zero attached hydrogens (tertiary/aromatic N) is 1.